The molecule has 0 amide bonds. The summed E-state index contributed by atoms with van der Waals surface area (Å²) >= 11 is 0. The number of rotatable bonds is 9. The van der Waals surface area contributed by atoms with E-state index in [1.54, 1.807) is 7.05 Å². The maximum Gasteiger partial charge on any atom is 0.218 e. The topological polar surface area (TPSA) is 49.4 Å². The van der Waals surface area contributed by atoms with E-state index in [9.17, 15) is 8.42 Å². The summed E-state index contributed by atoms with van der Waals surface area (Å²) in [4.78, 5) is 0. The molecule has 1 N–H and O–H groups in total. The lowest BCUT2D eigenvalue weighted by molar-refractivity contribution is 0.458. The first-order chi connectivity index (χ1) is 9.49. The molecule has 0 saturated heterocycles. The van der Waals surface area contributed by atoms with Crippen molar-refractivity contribution in [3.8, 4) is 0 Å². The summed E-state index contributed by atoms with van der Waals surface area (Å²) in [5.74, 6) is 0.0766. The molecule has 0 fully saturated rings. The Morgan fingerprint density at radius 1 is 1.20 bits per heavy atom. The summed E-state index contributed by atoms with van der Waals surface area (Å²) in [5, 5.41) is 3.25. The van der Waals surface area contributed by atoms with Crippen LogP contribution in [0.3, 0.4) is 0 Å². The summed E-state index contributed by atoms with van der Waals surface area (Å²) in [6, 6.07) is 7.78. The van der Waals surface area contributed by atoms with Crippen LogP contribution >= 0.6 is 0 Å². The zero-order valence-corrected chi connectivity index (χ0v) is 13.5. The van der Waals surface area contributed by atoms with Gasteiger partial charge >= 0.3 is 0 Å². The molecule has 0 unspecified atom stereocenters. The van der Waals surface area contributed by atoms with Crippen LogP contribution in [-0.4, -0.2) is 32.9 Å². The largest absolute Gasteiger partial charge is 0.313 e. The van der Waals surface area contributed by atoms with E-state index >= 15 is 0 Å². The molecule has 0 aliphatic rings. The van der Waals surface area contributed by atoms with Crippen molar-refractivity contribution in [2.75, 3.05) is 20.1 Å². The number of hydrogen-bond donors (Lipinski definition) is 1. The van der Waals surface area contributed by atoms with E-state index in [1.165, 1.54) is 4.31 Å². The summed E-state index contributed by atoms with van der Waals surface area (Å²) in [5.41, 5.74) is 1.97. The Bertz CT molecular complexity index is 500. The molecule has 0 heterocycles. The molecule has 5 heteroatoms. The zero-order chi connectivity index (χ0) is 15.0. The van der Waals surface area contributed by atoms with Crippen LogP contribution in [0.25, 0.3) is 0 Å². The monoisotopic (exact) mass is 298 g/mol. The van der Waals surface area contributed by atoms with Gasteiger partial charge in [-0.2, -0.15) is 0 Å². The average molecular weight is 298 g/mol. The maximum atomic E-state index is 12.2. The molecule has 1 aromatic rings. The van der Waals surface area contributed by atoms with E-state index in [0.29, 0.717) is 6.54 Å². The second-order valence-corrected chi connectivity index (χ2v) is 7.11. The van der Waals surface area contributed by atoms with Gasteiger partial charge in [0, 0.05) is 20.1 Å². The van der Waals surface area contributed by atoms with Gasteiger partial charge in [0.15, 0.2) is 0 Å². The second kappa shape index (κ2) is 8.39. The highest BCUT2D eigenvalue weighted by Gasteiger charge is 2.17. The van der Waals surface area contributed by atoms with Crippen LogP contribution < -0.4 is 5.32 Å². The van der Waals surface area contributed by atoms with E-state index in [4.69, 9.17) is 0 Å². The van der Waals surface area contributed by atoms with Crippen molar-refractivity contribution in [2.24, 2.45) is 0 Å². The molecule has 0 aliphatic heterocycles. The van der Waals surface area contributed by atoms with Crippen molar-refractivity contribution in [1.82, 2.24) is 9.62 Å². The third kappa shape index (κ3) is 5.61. The van der Waals surface area contributed by atoms with Crippen molar-refractivity contribution in [3.63, 3.8) is 0 Å². The molecule has 4 nitrogen and oxygen atoms in total. The molecule has 20 heavy (non-hydrogen) atoms. The lowest BCUT2D eigenvalue weighted by atomic mass is 10.1. The van der Waals surface area contributed by atoms with Gasteiger partial charge in [-0.1, -0.05) is 44.5 Å². The lowest BCUT2D eigenvalue weighted by Crippen LogP contribution is -2.29. The molecule has 114 valence electrons. The van der Waals surface area contributed by atoms with E-state index in [1.807, 2.05) is 24.3 Å². The molecule has 1 rings (SSSR count). The SMILES string of the molecule is CCCCN(C)S(=O)(=O)Cc1cccc(CNCC)c1. The molecule has 0 saturated carbocycles. The third-order valence-corrected chi connectivity index (χ3v) is 5.05. The highest BCUT2D eigenvalue weighted by molar-refractivity contribution is 7.88. The van der Waals surface area contributed by atoms with Crippen LogP contribution in [0.2, 0.25) is 0 Å². The minimum absolute atomic E-state index is 0.0766. The van der Waals surface area contributed by atoms with E-state index in [-0.39, 0.29) is 5.75 Å². The first-order valence-corrected chi connectivity index (χ1v) is 8.83. The number of benzene rings is 1. The minimum atomic E-state index is -3.21. The van der Waals surface area contributed by atoms with Gasteiger partial charge in [0.1, 0.15) is 0 Å². The Kier molecular flexibility index (Phi) is 7.19. The molecule has 0 bridgehead atoms. The third-order valence-electron chi connectivity index (χ3n) is 3.22. The fourth-order valence-corrected chi connectivity index (χ4v) is 3.17. The van der Waals surface area contributed by atoms with Gasteiger partial charge in [-0.25, -0.2) is 12.7 Å². The smallest absolute Gasteiger partial charge is 0.218 e. The lowest BCUT2D eigenvalue weighted by Gasteiger charge is -2.17. The van der Waals surface area contributed by atoms with Crippen molar-refractivity contribution in [1.29, 1.82) is 0 Å². The van der Waals surface area contributed by atoms with Gasteiger partial charge in [0.25, 0.3) is 0 Å². The molecule has 0 aromatic heterocycles. The van der Waals surface area contributed by atoms with E-state index < -0.39 is 10.0 Å². The first-order valence-electron chi connectivity index (χ1n) is 7.22. The summed E-state index contributed by atoms with van der Waals surface area (Å²) in [6.45, 7) is 6.38. The Labute approximate surface area is 123 Å². The van der Waals surface area contributed by atoms with Crippen molar-refractivity contribution < 1.29 is 8.42 Å². The predicted octanol–water partition coefficient (Wildman–Crippen LogP) is 2.36. The van der Waals surface area contributed by atoms with Crippen LogP contribution in [0.4, 0.5) is 0 Å². The Morgan fingerprint density at radius 2 is 1.90 bits per heavy atom. The van der Waals surface area contributed by atoms with E-state index in [2.05, 4.69) is 19.2 Å². The van der Waals surface area contributed by atoms with Crippen molar-refractivity contribution >= 4 is 10.0 Å². The minimum Gasteiger partial charge on any atom is -0.313 e. The normalized spacial score (nSPS) is 12.0. The summed E-state index contributed by atoms with van der Waals surface area (Å²) in [6.07, 6.45) is 1.90. The van der Waals surface area contributed by atoms with Gasteiger partial charge in [-0.3, -0.25) is 0 Å². The Hall–Kier alpha value is -0.910. The number of unbranched alkanes of at least 4 members (excludes halogenated alkanes) is 1. The average Bonchev–Trinajstić information content (AvgIpc) is 2.42. The quantitative estimate of drug-likeness (QED) is 0.761. The second-order valence-electron chi connectivity index (χ2n) is 5.03. The van der Waals surface area contributed by atoms with Gasteiger partial charge in [-0.05, 0) is 24.1 Å². The Balaban J connectivity index is 2.71. The fourth-order valence-electron chi connectivity index (χ4n) is 1.94. The number of nitrogens with one attached hydrogen (secondary N) is 1. The maximum absolute atomic E-state index is 12.2. The molecular formula is C15H26N2O2S. The zero-order valence-electron chi connectivity index (χ0n) is 12.7. The highest BCUT2D eigenvalue weighted by atomic mass is 32.2. The molecule has 0 atom stereocenters. The number of sulfonamides is 1. The van der Waals surface area contributed by atoms with Gasteiger partial charge < -0.3 is 5.32 Å². The highest BCUT2D eigenvalue weighted by Crippen LogP contribution is 2.12. The predicted molar refractivity (Wildman–Crippen MR) is 84.0 cm³/mol. The standard InChI is InChI=1S/C15H26N2O2S/c1-4-6-10-17(3)20(18,19)13-15-9-7-8-14(11-15)12-16-5-2/h7-9,11,16H,4-6,10,12-13H2,1-3H3. The number of nitrogens with zero attached hydrogens (tertiary/aromatic N) is 1. The molecule has 1 aromatic carbocycles. The summed E-state index contributed by atoms with van der Waals surface area (Å²) in [7, 11) is -1.55. The summed E-state index contributed by atoms with van der Waals surface area (Å²) < 4.78 is 25.9. The van der Waals surface area contributed by atoms with Gasteiger partial charge in [0.05, 0.1) is 5.75 Å². The van der Waals surface area contributed by atoms with Crippen LogP contribution in [0.5, 0.6) is 0 Å². The van der Waals surface area contributed by atoms with Gasteiger partial charge in [0.2, 0.25) is 10.0 Å². The van der Waals surface area contributed by atoms with Crippen LogP contribution in [0.15, 0.2) is 24.3 Å². The Morgan fingerprint density at radius 3 is 2.55 bits per heavy atom. The molecule has 0 radical (unpaired) electrons. The molecule has 0 spiro atoms. The van der Waals surface area contributed by atoms with Crippen LogP contribution in [0.1, 0.15) is 37.8 Å². The number of hydrogen-bond acceptors (Lipinski definition) is 3. The van der Waals surface area contributed by atoms with Crippen LogP contribution in [-0.2, 0) is 22.3 Å². The van der Waals surface area contributed by atoms with Crippen molar-refractivity contribution in [2.45, 2.75) is 39.0 Å². The van der Waals surface area contributed by atoms with Crippen LogP contribution in [0, 0.1) is 0 Å². The van der Waals surface area contributed by atoms with Gasteiger partial charge in [-0.15, -0.1) is 0 Å². The van der Waals surface area contributed by atoms with Crippen molar-refractivity contribution in [3.05, 3.63) is 35.4 Å². The molecule has 0 aliphatic carbocycles. The van der Waals surface area contributed by atoms with E-state index in [0.717, 1.165) is 37.1 Å². The molecular weight excluding hydrogens is 272 g/mol. The fraction of sp³-hybridized carbons (Fsp3) is 0.600. The first kappa shape index (κ1) is 17.1.